The molecule has 1 saturated heterocycles. The molecule has 22 heavy (non-hydrogen) atoms. The minimum atomic E-state index is -1.63. The van der Waals surface area contributed by atoms with Gasteiger partial charge in [0, 0.05) is 0 Å². The molecule has 0 radical (unpaired) electrons. The van der Waals surface area contributed by atoms with Crippen LogP contribution < -0.4 is 0 Å². The van der Waals surface area contributed by atoms with Crippen LogP contribution in [0.4, 0.5) is 0 Å². The molecule has 4 rings (SSSR count). The molecule has 6 atom stereocenters. The summed E-state index contributed by atoms with van der Waals surface area (Å²) in [6, 6.07) is 0. The third kappa shape index (κ3) is 1.43. The van der Waals surface area contributed by atoms with Crippen molar-refractivity contribution in [1.82, 2.24) is 0 Å². The monoisotopic (exact) mass is 422 g/mol. The van der Waals surface area contributed by atoms with Crippen molar-refractivity contribution in [1.29, 1.82) is 0 Å². The average Bonchev–Trinajstić information content (AvgIpc) is 2.85. The van der Waals surface area contributed by atoms with Gasteiger partial charge in [-0.05, 0) is 24.7 Å². The van der Waals surface area contributed by atoms with Gasteiger partial charge in [-0.15, -0.1) is 23.2 Å². The zero-order chi connectivity index (χ0) is 16.2. The summed E-state index contributed by atoms with van der Waals surface area (Å²) in [6.07, 6.45) is 0.582. The minimum Gasteiger partial charge on any atom is -0.393 e. The van der Waals surface area contributed by atoms with Crippen molar-refractivity contribution in [2.45, 2.75) is 26.9 Å². The number of ether oxygens (including phenoxy) is 1. The van der Waals surface area contributed by atoms with Gasteiger partial charge in [-0.25, -0.2) is 0 Å². The number of alkyl halides is 4. The second kappa shape index (κ2) is 4.42. The molecule has 120 valence electrons. The lowest BCUT2D eigenvalue weighted by atomic mass is 9.65. The molecule has 0 amide bonds. The summed E-state index contributed by atoms with van der Waals surface area (Å²) in [6.45, 7) is 0. The van der Waals surface area contributed by atoms with Gasteiger partial charge in [0.2, 0.25) is 0 Å². The number of hydrogen-bond donors (Lipinski definition) is 0. The fourth-order valence-corrected chi connectivity index (χ4v) is 7.61. The molecular weight excluding hydrogens is 417 g/mol. The highest BCUT2D eigenvalue weighted by Crippen LogP contribution is 2.79. The van der Waals surface area contributed by atoms with E-state index in [2.05, 4.69) is 0 Å². The van der Waals surface area contributed by atoms with E-state index >= 15 is 0 Å². The first-order valence-electron chi connectivity index (χ1n) is 6.65. The van der Waals surface area contributed by atoms with E-state index < -0.39 is 37.9 Å². The summed E-state index contributed by atoms with van der Waals surface area (Å²) < 4.78 is 3.10. The predicted octanol–water partition coefficient (Wildman–Crippen LogP) is 4.17. The lowest BCUT2D eigenvalue weighted by Crippen LogP contribution is -2.44. The quantitative estimate of drug-likeness (QED) is 0.333. The summed E-state index contributed by atoms with van der Waals surface area (Å²) in [5.74, 6) is -2.93. The lowest BCUT2D eigenvalue weighted by Gasteiger charge is -2.42. The Morgan fingerprint density at radius 3 is 1.55 bits per heavy atom. The second-order valence-corrected chi connectivity index (χ2v) is 9.54. The Kier molecular flexibility index (Phi) is 3.23. The largest absolute Gasteiger partial charge is 0.393 e. The molecule has 1 heterocycles. The topological polar surface area (TPSA) is 43.4 Å². The first-order valence-corrected chi connectivity index (χ1v) is 8.92. The normalized spacial score (nSPS) is 51.9. The molecule has 0 N–H and O–H groups in total. The van der Waals surface area contributed by atoms with Gasteiger partial charge in [0.15, 0.2) is 4.33 Å². The van der Waals surface area contributed by atoms with Crippen molar-refractivity contribution >= 4 is 81.5 Å². The summed E-state index contributed by atoms with van der Waals surface area (Å²) in [7, 11) is 0. The smallest absolute Gasteiger partial charge is 0.317 e. The Hall–Kier alpha value is 0.620. The lowest BCUT2D eigenvalue weighted by molar-refractivity contribution is -0.153. The van der Waals surface area contributed by atoms with Gasteiger partial charge in [0.05, 0.1) is 21.9 Å². The molecule has 1 aliphatic heterocycles. The van der Waals surface area contributed by atoms with Crippen LogP contribution in [0.5, 0.6) is 0 Å². The molecule has 2 bridgehead atoms. The minimum absolute atomic E-state index is 0.119. The fraction of sp³-hybridized carbons (Fsp3) is 0.692. The van der Waals surface area contributed by atoms with Crippen molar-refractivity contribution in [2.75, 3.05) is 0 Å². The number of cyclic esters (lactones) is 2. The van der Waals surface area contributed by atoms with Crippen LogP contribution in [-0.4, -0.2) is 26.0 Å². The molecule has 0 aromatic rings. The highest BCUT2D eigenvalue weighted by molar-refractivity contribution is 6.65. The first kappa shape index (κ1) is 16.1. The van der Waals surface area contributed by atoms with Gasteiger partial charge >= 0.3 is 11.9 Å². The predicted molar refractivity (Wildman–Crippen MR) is 84.6 cm³/mol. The first-order chi connectivity index (χ1) is 10.1. The number of esters is 2. The number of halogens is 6. The van der Waals surface area contributed by atoms with E-state index in [9.17, 15) is 9.59 Å². The SMILES string of the molecule is O=C1OC(=O)[C@@H]2C[C@@H]3[C@@H](C[C@@H]12)[C@]1(Cl)C(Cl)=C(Cl)[C@]3(Cl)C1(Cl)Cl. The third-order valence-electron chi connectivity index (χ3n) is 5.56. The van der Waals surface area contributed by atoms with Crippen molar-refractivity contribution in [3.05, 3.63) is 10.1 Å². The van der Waals surface area contributed by atoms with Crippen molar-refractivity contribution in [2.24, 2.45) is 23.7 Å². The van der Waals surface area contributed by atoms with Gasteiger partial charge in [-0.2, -0.15) is 0 Å². The molecule has 0 spiro atoms. The number of hydrogen-bond acceptors (Lipinski definition) is 3. The Bertz CT molecular complexity index is 608. The summed E-state index contributed by atoms with van der Waals surface area (Å²) in [5, 5.41) is 0.237. The maximum Gasteiger partial charge on any atom is 0.317 e. The van der Waals surface area contributed by atoms with Gasteiger partial charge < -0.3 is 4.74 Å². The van der Waals surface area contributed by atoms with E-state index in [1.165, 1.54) is 0 Å². The molecular formula is C13H8Cl6O3. The van der Waals surface area contributed by atoms with Crippen molar-refractivity contribution in [3.8, 4) is 0 Å². The molecule has 3 fully saturated rings. The summed E-state index contributed by atoms with van der Waals surface area (Å²) >= 11 is 39.0. The standard InChI is InChI=1S/C13H8Cl6O3/c14-7-8(15)12(17)6-2-4-3(9(20)22-10(4)21)1-5(6)11(7,16)13(12,18)19/h3-6H,1-2H2/t3-,4-,5-,6-,11+,12+/m1/s1. The molecule has 0 aromatic carbocycles. The van der Waals surface area contributed by atoms with Gasteiger partial charge in [0.25, 0.3) is 0 Å². The molecule has 2 saturated carbocycles. The van der Waals surface area contributed by atoms with Crippen LogP contribution in [0.3, 0.4) is 0 Å². The van der Waals surface area contributed by atoms with Gasteiger partial charge in [-0.1, -0.05) is 46.4 Å². The van der Waals surface area contributed by atoms with Crippen LogP contribution in [0.1, 0.15) is 12.8 Å². The van der Waals surface area contributed by atoms with Crippen LogP contribution in [0.2, 0.25) is 0 Å². The van der Waals surface area contributed by atoms with E-state index in [4.69, 9.17) is 74.3 Å². The fourth-order valence-electron chi connectivity index (χ4n) is 4.51. The van der Waals surface area contributed by atoms with Gasteiger partial charge in [-0.3, -0.25) is 9.59 Å². The van der Waals surface area contributed by atoms with Crippen LogP contribution in [0, 0.1) is 23.7 Å². The van der Waals surface area contributed by atoms with E-state index in [0.29, 0.717) is 12.8 Å². The van der Waals surface area contributed by atoms with Crippen molar-refractivity contribution in [3.63, 3.8) is 0 Å². The number of carbonyl (C=O) groups is 2. The van der Waals surface area contributed by atoms with Crippen LogP contribution >= 0.6 is 69.6 Å². The molecule has 9 heteroatoms. The highest BCUT2D eigenvalue weighted by Gasteiger charge is 2.83. The van der Waals surface area contributed by atoms with Crippen LogP contribution in [0.15, 0.2) is 10.1 Å². The van der Waals surface area contributed by atoms with E-state index in [1.54, 1.807) is 0 Å². The third-order valence-corrected chi connectivity index (χ3v) is 9.91. The molecule has 3 aliphatic carbocycles. The Morgan fingerprint density at radius 1 is 0.818 bits per heavy atom. The molecule has 0 unspecified atom stereocenters. The summed E-state index contributed by atoms with van der Waals surface area (Å²) in [5.41, 5.74) is 0. The molecule has 4 aliphatic rings. The van der Waals surface area contributed by atoms with Crippen LogP contribution in [-0.2, 0) is 14.3 Å². The Labute approximate surface area is 156 Å². The second-order valence-electron chi connectivity index (χ2n) is 6.26. The average molecular weight is 425 g/mol. The van der Waals surface area contributed by atoms with E-state index in [-0.39, 0.29) is 21.9 Å². The molecule has 3 nitrogen and oxygen atoms in total. The Morgan fingerprint density at radius 2 is 1.18 bits per heavy atom. The van der Waals surface area contributed by atoms with Crippen molar-refractivity contribution < 1.29 is 14.3 Å². The molecule has 0 aromatic heterocycles. The maximum absolute atomic E-state index is 11.8. The zero-order valence-electron chi connectivity index (χ0n) is 10.7. The highest BCUT2D eigenvalue weighted by atomic mass is 35.5. The maximum atomic E-state index is 11.8. The van der Waals surface area contributed by atoms with Gasteiger partial charge in [0.1, 0.15) is 9.75 Å². The summed E-state index contributed by atoms with van der Waals surface area (Å²) in [4.78, 5) is 20.9. The number of rotatable bonds is 0. The van der Waals surface area contributed by atoms with E-state index in [1.807, 2.05) is 0 Å². The van der Waals surface area contributed by atoms with Crippen LogP contribution in [0.25, 0.3) is 0 Å². The van der Waals surface area contributed by atoms with E-state index in [0.717, 1.165) is 0 Å². The number of fused-ring (bicyclic) bond motifs is 6. The number of carbonyl (C=O) groups excluding carboxylic acids is 2. The Balaban J connectivity index is 1.87. The number of allylic oxidation sites excluding steroid dienone is 2. The zero-order valence-corrected chi connectivity index (χ0v) is 15.3.